The molecule has 1 aromatic carbocycles. The monoisotopic (exact) mass is 385 g/mol. The number of hydrogen-bond donors (Lipinski definition) is 1. The van der Waals surface area contributed by atoms with Gasteiger partial charge in [0, 0.05) is 5.57 Å². The molecule has 0 saturated heterocycles. The molecule has 0 aliphatic rings. The molecule has 0 aromatic heterocycles. The SMILES string of the molecule is CCCCCCCCC/C(C(N)=O)=C(/CCCCCCCC)c1ccccc1. The molecule has 158 valence electrons. The quantitative estimate of drug-likeness (QED) is 0.215. The number of allylic oxidation sites excluding steroid dienone is 1. The summed E-state index contributed by atoms with van der Waals surface area (Å²) in [6.45, 7) is 4.50. The fourth-order valence-corrected chi connectivity index (χ4v) is 3.87. The number of carbonyl (C=O) groups is 1. The lowest BCUT2D eigenvalue weighted by molar-refractivity contribution is -0.114. The summed E-state index contributed by atoms with van der Waals surface area (Å²) in [4.78, 5) is 12.3. The van der Waals surface area contributed by atoms with Gasteiger partial charge in [-0.25, -0.2) is 0 Å². The summed E-state index contributed by atoms with van der Waals surface area (Å²) in [5.74, 6) is -0.226. The van der Waals surface area contributed by atoms with E-state index >= 15 is 0 Å². The Morgan fingerprint density at radius 1 is 0.679 bits per heavy atom. The summed E-state index contributed by atoms with van der Waals surface area (Å²) < 4.78 is 0. The summed E-state index contributed by atoms with van der Waals surface area (Å²) >= 11 is 0. The maximum Gasteiger partial charge on any atom is 0.244 e. The second kappa shape index (κ2) is 16.4. The van der Waals surface area contributed by atoms with Crippen molar-refractivity contribution in [3.63, 3.8) is 0 Å². The molecule has 0 unspecified atom stereocenters. The summed E-state index contributed by atoms with van der Waals surface area (Å²) in [5, 5.41) is 0. The number of benzene rings is 1. The number of primary amides is 1. The van der Waals surface area contributed by atoms with Crippen LogP contribution in [0, 0.1) is 0 Å². The minimum absolute atomic E-state index is 0.226. The van der Waals surface area contributed by atoms with Crippen LogP contribution in [0.5, 0.6) is 0 Å². The van der Waals surface area contributed by atoms with E-state index in [1.807, 2.05) is 6.07 Å². The molecule has 0 saturated carbocycles. The third kappa shape index (κ3) is 10.7. The first-order valence-corrected chi connectivity index (χ1v) is 11.8. The van der Waals surface area contributed by atoms with Crippen molar-refractivity contribution in [2.24, 2.45) is 5.73 Å². The van der Waals surface area contributed by atoms with E-state index in [0.29, 0.717) is 0 Å². The molecule has 0 heterocycles. The molecule has 2 N–H and O–H groups in total. The Balaban J connectivity index is 2.68. The Hall–Kier alpha value is -1.57. The molecule has 0 spiro atoms. The van der Waals surface area contributed by atoms with Gasteiger partial charge in [-0.2, -0.15) is 0 Å². The predicted molar refractivity (Wildman–Crippen MR) is 123 cm³/mol. The standard InChI is InChI=1S/C26H43NO/c1-3-5-7-9-11-13-18-22-25(26(27)28)24(23-19-15-14-16-20-23)21-17-12-10-8-6-4-2/h14-16,19-20H,3-13,17-18,21-22H2,1-2H3,(H2,27,28)/b25-24+. The number of rotatable bonds is 17. The highest BCUT2D eigenvalue weighted by Crippen LogP contribution is 2.28. The highest BCUT2D eigenvalue weighted by Gasteiger charge is 2.14. The van der Waals surface area contributed by atoms with E-state index in [-0.39, 0.29) is 5.91 Å². The minimum atomic E-state index is -0.226. The molecule has 2 heteroatoms. The molecule has 0 aliphatic carbocycles. The minimum Gasteiger partial charge on any atom is -0.366 e. The Labute approximate surface area is 174 Å². The molecule has 0 fully saturated rings. The summed E-state index contributed by atoms with van der Waals surface area (Å²) in [6.07, 6.45) is 18.2. The van der Waals surface area contributed by atoms with Gasteiger partial charge in [-0.1, -0.05) is 115 Å². The first kappa shape index (κ1) is 24.5. The van der Waals surface area contributed by atoms with E-state index < -0.39 is 0 Å². The fraction of sp³-hybridized carbons (Fsp3) is 0.654. The van der Waals surface area contributed by atoms with Crippen molar-refractivity contribution in [3.8, 4) is 0 Å². The van der Waals surface area contributed by atoms with Crippen LogP contribution in [0.25, 0.3) is 5.57 Å². The smallest absolute Gasteiger partial charge is 0.244 e. The van der Waals surface area contributed by atoms with E-state index in [4.69, 9.17) is 5.73 Å². The Kier molecular flexibility index (Phi) is 14.3. The van der Waals surface area contributed by atoms with Crippen LogP contribution < -0.4 is 5.73 Å². The zero-order valence-electron chi connectivity index (χ0n) is 18.5. The Morgan fingerprint density at radius 3 is 1.64 bits per heavy atom. The Morgan fingerprint density at radius 2 is 1.14 bits per heavy atom. The highest BCUT2D eigenvalue weighted by molar-refractivity contribution is 6.00. The van der Waals surface area contributed by atoms with Gasteiger partial charge in [0.15, 0.2) is 0 Å². The number of amides is 1. The van der Waals surface area contributed by atoms with E-state index in [9.17, 15) is 4.79 Å². The average Bonchev–Trinajstić information content (AvgIpc) is 2.71. The molecule has 0 aliphatic heterocycles. The van der Waals surface area contributed by atoms with Crippen molar-refractivity contribution in [3.05, 3.63) is 41.5 Å². The van der Waals surface area contributed by atoms with Gasteiger partial charge in [0.25, 0.3) is 0 Å². The van der Waals surface area contributed by atoms with Crippen molar-refractivity contribution in [1.82, 2.24) is 0 Å². The van der Waals surface area contributed by atoms with Gasteiger partial charge in [0.1, 0.15) is 0 Å². The van der Waals surface area contributed by atoms with Crippen LogP contribution in [0.3, 0.4) is 0 Å². The average molecular weight is 386 g/mol. The lowest BCUT2D eigenvalue weighted by Gasteiger charge is -2.14. The molecular formula is C26H43NO. The Bertz CT molecular complexity index is 547. The molecule has 0 atom stereocenters. The lowest BCUT2D eigenvalue weighted by Crippen LogP contribution is -2.16. The van der Waals surface area contributed by atoms with Crippen LogP contribution >= 0.6 is 0 Å². The van der Waals surface area contributed by atoms with Crippen LogP contribution in [-0.4, -0.2) is 5.91 Å². The number of carbonyl (C=O) groups excluding carboxylic acids is 1. The van der Waals surface area contributed by atoms with E-state index in [0.717, 1.165) is 31.3 Å². The first-order valence-electron chi connectivity index (χ1n) is 11.8. The van der Waals surface area contributed by atoms with Crippen LogP contribution in [0.15, 0.2) is 35.9 Å². The normalized spacial score (nSPS) is 12.1. The summed E-state index contributed by atoms with van der Waals surface area (Å²) in [7, 11) is 0. The highest BCUT2D eigenvalue weighted by atomic mass is 16.1. The zero-order valence-corrected chi connectivity index (χ0v) is 18.5. The topological polar surface area (TPSA) is 43.1 Å². The molecule has 1 rings (SSSR count). The molecule has 0 bridgehead atoms. The largest absolute Gasteiger partial charge is 0.366 e. The van der Waals surface area contributed by atoms with Gasteiger partial charge in [0.2, 0.25) is 5.91 Å². The van der Waals surface area contributed by atoms with Crippen LogP contribution in [0.1, 0.15) is 116 Å². The van der Waals surface area contributed by atoms with Crippen molar-refractivity contribution in [2.45, 2.75) is 110 Å². The molecule has 2 nitrogen and oxygen atoms in total. The molecule has 0 radical (unpaired) electrons. The number of unbranched alkanes of at least 4 members (excludes halogenated alkanes) is 11. The predicted octanol–water partition coefficient (Wildman–Crippen LogP) is 7.82. The van der Waals surface area contributed by atoms with E-state index in [1.54, 1.807) is 0 Å². The fourth-order valence-electron chi connectivity index (χ4n) is 3.87. The second-order valence-corrected chi connectivity index (χ2v) is 8.08. The van der Waals surface area contributed by atoms with Gasteiger partial charge in [-0.15, -0.1) is 0 Å². The van der Waals surface area contributed by atoms with Crippen molar-refractivity contribution >= 4 is 11.5 Å². The van der Waals surface area contributed by atoms with Crippen molar-refractivity contribution in [1.29, 1.82) is 0 Å². The number of nitrogens with two attached hydrogens (primary N) is 1. The first-order chi connectivity index (χ1) is 13.7. The lowest BCUT2D eigenvalue weighted by atomic mass is 9.91. The molecule has 28 heavy (non-hydrogen) atoms. The van der Waals surface area contributed by atoms with Gasteiger partial charge in [-0.05, 0) is 36.8 Å². The van der Waals surface area contributed by atoms with Crippen molar-refractivity contribution in [2.75, 3.05) is 0 Å². The van der Waals surface area contributed by atoms with Crippen LogP contribution in [0.4, 0.5) is 0 Å². The maximum absolute atomic E-state index is 12.3. The van der Waals surface area contributed by atoms with Gasteiger partial charge in [-0.3, -0.25) is 4.79 Å². The van der Waals surface area contributed by atoms with Crippen molar-refractivity contribution < 1.29 is 4.79 Å². The van der Waals surface area contributed by atoms with Crippen LogP contribution in [0.2, 0.25) is 0 Å². The van der Waals surface area contributed by atoms with Gasteiger partial charge >= 0.3 is 0 Å². The van der Waals surface area contributed by atoms with Gasteiger partial charge in [0.05, 0.1) is 0 Å². The second-order valence-electron chi connectivity index (χ2n) is 8.08. The summed E-state index contributed by atoms with van der Waals surface area (Å²) in [5.41, 5.74) is 9.06. The third-order valence-electron chi connectivity index (χ3n) is 5.59. The summed E-state index contributed by atoms with van der Waals surface area (Å²) in [6, 6.07) is 10.4. The van der Waals surface area contributed by atoms with E-state index in [2.05, 4.69) is 38.1 Å². The zero-order chi connectivity index (χ0) is 20.5. The maximum atomic E-state index is 12.3. The number of hydrogen-bond acceptors (Lipinski definition) is 1. The van der Waals surface area contributed by atoms with Crippen LogP contribution in [-0.2, 0) is 4.79 Å². The van der Waals surface area contributed by atoms with E-state index in [1.165, 1.54) is 81.8 Å². The molecule has 1 aromatic rings. The third-order valence-corrected chi connectivity index (χ3v) is 5.59. The van der Waals surface area contributed by atoms with Gasteiger partial charge < -0.3 is 5.73 Å². The molecular weight excluding hydrogens is 342 g/mol. The molecule has 1 amide bonds.